The van der Waals surface area contributed by atoms with Crippen LogP contribution in [-0.4, -0.2) is 35.1 Å². The molecule has 0 aliphatic carbocycles. The van der Waals surface area contributed by atoms with Crippen molar-refractivity contribution in [3.05, 3.63) is 47.0 Å². The van der Waals surface area contributed by atoms with Crippen molar-refractivity contribution in [1.29, 1.82) is 0 Å². The Bertz CT molecular complexity index is 519. The highest BCUT2D eigenvalue weighted by Crippen LogP contribution is 2.30. The number of aryl methyl sites for hydroxylation is 2. The van der Waals surface area contributed by atoms with Crippen molar-refractivity contribution in [3.63, 3.8) is 0 Å². The molecular weight excluding hydrogens is 262 g/mol. The van der Waals surface area contributed by atoms with Gasteiger partial charge < -0.3 is 5.11 Å². The second kappa shape index (κ2) is 7.01. The molecule has 0 amide bonds. The van der Waals surface area contributed by atoms with Gasteiger partial charge in [-0.1, -0.05) is 41.5 Å². The Morgan fingerprint density at radius 1 is 1.38 bits per heavy atom. The van der Waals surface area contributed by atoms with Crippen LogP contribution in [0.1, 0.15) is 31.4 Å². The van der Waals surface area contributed by atoms with Crippen molar-refractivity contribution in [2.75, 3.05) is 13.3 Å². The summed E-state index contributed by atoms with van der Waals surface area (Å²) in [5, 5.41) is 9.48. The first-order valence-corrected chi connectivity index (χ1v) is 7.62. The lowest BCUT2D eigenvalue weighted by atomic mass is 9.88. The lowest BCUT2D eigenvalue weighted by molar-refractivity contribution is -0.120. The molecule has 3 nitrogen and oxygen atoms in total. The first kappa shape index (κ1) is 15.9. The van der Waals surface area contributed by atoms with Gasteiger partial charge in [0.2, 0.25) is 0 Å². The predicted molar refractivity (Wildman–Crippen MR) is 85.0 cm³/mol. The van der Waals surface area contributed by atoms with Crippen molar-refractivity contribution in [2.24, 2.45) is 5.92 Å². The van der Waals surface area contributed by atoms with Crippen molar-refractivity contribution >= 4 is 5.78 Å². The maximum absolute atomic E-state index is 12.3. The average Bonchev–Trinajstić information content (AvgIpc) is 2.82. The fraction of sp³-hybridized carbons (Fsp3) is 0.500. The minimum absolute atomic E-state index is 0.00495. The van der Waals surface area contributed by atoms with Gasteiger partial charge in [-0.15, -0.1) is 0 Å². The number of carbonyl (C=O) groups is 1. The molecule has 2 unspecified atom stereocenters. The van der Waals surface area contributed by atoms with E-state index in [4.69, 9.17) is 0 Å². The Kier molecular flexibility index (Phi) is 5.32. The van der Waals surface area contributed by atoms with E-state index in [2.05, 4.69) is 31.2 Å². The number of aliphatic hydroxyl groups is 1. The second-order valence-corrected chi connectivity index (χ2v) is 5.96. The fourth-order valence-electron chi connectivity index (χ4n) is 3.16. The van der Waals surface area contributed by atoms with E-state index in [9.17, 15) is 9.90 Å². The number of hydrogen-bond donors (Lipinski definition) is 1. The summed E-state index contributed by atoms with van der Waals surface area (Å²) in [4.78, 5) is 14.1. The third-order valence-electron chi connectivity index (χ3n) is 4.52. The number of ketones is 1. The number of benzene rings is 1. The Morgan fingerprint density at radius 3 is 2.62 bits per heavy atom. The van der Waals surface area contributed by atoms with Gasteiger partial charge in [0, 0.05) is 12.0 Å². The van der Waals surface area contributed by atoms with E-state index in [0.29, 0.717) is 6.54 Å². The Balaban J connectivity index is 2.09. The van der Waals surface area contributed by atoms with Gasteiger partial charge >= 0.3 is 0 Å². The quantitative estimate of drug-likeness (QED) is 0.847. The van der Waals surface area contributed by atoms with E-state index in [0.717, 1.165) is 12.8 Å². The Labute approximate surface area is 127 Å². The zero-order chi connectivity index (χ0) is 15.4. The molecule has 21 heavy (non-hydrogen) atoms. The van der Waals surface area contributed by atoms with Gasteiger partial charge in [0.15, 0.2) is 5.78 Å². The van der Waals surface area contributed by atoms with E-state index in [1.165, 1.54) is 16.7 Å². The number of hydrogen-bond acceptors (Lipinski definition) is 3. The number of aliphatic hydroxyl groups excluding tert-OH is 1. The minimum Gasteiger partial charge on any atom is -0.381 e. The number of Topliss-reactive ketones (excluding diaryl/α,β-unsaturated/α-hetero) is 1. The summed E-state index contributed by atoms with van der Waals surface area (Å²) < 4.78 is 0. The van der Waals surface area contributed by atoms with E-state index < -0.39 is 0 Å². The number of rotatable bonds is 5. The number of likely N-dealkylation sites (tertiary alicyclic amines) is 1. The van der Waals surface area contributed by atoms with Gasteiger partial charge in [-0.3, -0.25) is 9.69 Å². The number of carbonyl (C=O) groups excluding carboxylic acids is 1. The third-order valence-corrected chi connectivity index (χ3v) is 4.52. The van der Waals surface area contributed by atoms with Gasteiger partial charge in [-0.2, -0.15) is 0 Å². The maximum atomic E-state index is 12.3. The highest BCUT2D eigenvalue weighted by molar-refractivity contribution is 5.86. The molecule has 0 aromatic heterocycles. The zero-order valence-corrected chi connectivity index (χ0v) is 13.2. The fourth-order valence-corrected chi connectivity index (χ4v) is 3.16. The van der Waals surface area contributed by atoms with Crippen LogP contribution in [0.3, 0.4) is 0 Å². The molecule has 1 aromatic rings. The molecule has 1 aliphatic rings. The highest BCUT2D eigenvalue weighted by Gasteiger charge is 2.40. The van der Waals surface area contributed by atoms with Crippen LogP contribution in [0.4, 0.5) is 0 Å². The van der Waals surface area contributed by atoms with Gasteiger partial charge in [-0.25, -0.2) is 0 Å². The van der Waals surface area contributed by atoms with Crippen LogP contribution in [0.5, 0.6) is 0 Å². The highest BCUT2D eigenvalue weighted by atomic mass is 16.3. The van der Waals surface area contributed by atoms with Crippen LogP contribution >= 0.6 is 0 Å². The smallest absolute Gasteiger partial charge is 0.151 e. The molecule has 3 heteroatoms. The number of nitrogens with zero attached hydrogens (tertiary/aromatic N) is 1. The Hall–Kier alpha value is -1.45. The molecular formula is C18H25NO2. The summed E-state index contributed by atoms with van der Waals surface area (Å²) in [6, 6.07) is 8.55. The van der Waals surface area contributed by atoms with Crippen molar-refractivity contribution < 1.29 is 9.90 Å². The lowest BCUT2D eigenvalue weighted by Gasteiger charge is -2.26. The van der Waals surface area contributed by atoms with Gasteiger partial charge in [0.25, 0.3) is 0 Å². The van der Waals surface area contributed by atoms with Crippen LogP contribution in [0.2, 0.25) is 0 Å². The molecule has 114 valence electrons. The van der Waals surface area contributed by atoms with Crippen LogP contribution in [-0.2, 0) is 11.2 Å². The maximum Gasteiger partial charge on any atom is 0.151 e. The van der Waals surface area contributed by atoms with Crippen LogP contribution in [0.25, 0.3) is 0 Å². The summed E-state index contributed by atoms with van der Waals surface area (Å²) in [5.74, 6) is 0.247. The van der Waals surface area contributed by atoms with Crippen LogP contribution in [0, 0.1) is 12.8 Å². The lowest BCUT2D eigenvalue weighted by Crippen LogP contribution is -2.34. The van der Waals surface area contributed by atoms with Crippen molar-refractivity contribution in [2.45, 2.75) is 39.7 Å². The monoisotopic (exact) mass is 287 g/mol. The standard InChI is InChI=1S/C18H25NO2/c1-4-14(3)18-16(17(21)11-19(18)12-20)10-9-15-7-5-13(2)6-8-15/h4-8,16,18,20H,9-12H2,1-3H3/b14-4+. The van der Waals surface area contributed by atoms with Crippen molar-refractivity contribution in [3.8, 4) is 0 Å². The number of allylic oxidation sites excluding steroid dienone is 1. The molecule has 1 N–H and O–H groups in total. The largest absolute Gasteiger partial charge is 0.381 e. The molecule has 0 bridgehead atoms. The molecule has 1 saturated heterocycles. The summed E-state index contributed by atoms with van der Waals surface area (Å²) in [6.07, 6.45) is 3.79. The molecule has 1 fully saturated rings. The summed E-state index contributed by atoms with van der Waals surface area (Å²) in [5.41, 5.74) is 3.70. The molecule has 0 saturated carbocycles. The molecule has 1 heterocycles. The minimum atomic E-state index is -0.0530. The Morgan fingerprint density at radius 2 is 2.05 bits per heavy atom. The normalized spacial score (nSPS) is 23.8. The molecule has 0 radical (unpaired) electrons. The SMILES string of the molecule is C/C=C(\C)C1C(CCc2ccc(C)cc2)C(=O)CN1CO. The predicted octanol–water partition coefficient (Wildman–Crippen LogP) is 2.71. The van der Waals surface area contributed by atoms with E-state index >= 15 is 0 Å². The van der Waals surface area contributed by atoms with E-state index in [1.54, 1.807) is 0 Å². The molecule has 0 spiro atoms. The van der Waals surface area contributed by atoms with Gasteiger partial charge in [-0.05, 0) is 39.2 Å². The van der Waals surface area contributed by atoms with Crippen molar-refractivity contribution in [1.82, 2.24) is 4.90 Å². The summed E-state index contributed by atoms with van der Waals surface area (Å²) in [6.45, 7) is 6.43. The van der Waals surface area contributed by atoms with Gasteiger partial charge in [0.05, 0.1) is 13.3 Å². The van der Waals surface area contributed by atoms with E-state index in [-0.39, 0.29) is 24.5 Å². The third kappa shape index (κ3) is 3.60. The molecule has 1 aromatic carbocycles. The summed E-state index contributed by atoms with van der Waals surface area (Å²) >= 11 is 0. The first-order chi connectivity index (χ1) is 10.1. The molecule has 1 aliphatic heterocycles. The molecule has 2 atom stereocenters. The van der Waals surface area contributed by atoms with Gasteiger partial charge in [0.1, 0.15) is 0 Å². The van der Waals surface area contributed by atoms with E-state index in [1.807, 2.05) is 24.8 Å². The molecule has 2 rings (SSSR count). The topological polar surface area (TPSA) is 40.5 Å². The van der Waals surface area contributed by atoms with Crippen LogP contribution in [0.15, 0.2) is 35.9 Å². The average molecular weight is 287 g/mol. The first-order valence-electron chi connectivity index (χ1n) is 7.62. The zero-order valence-electron chi connectivity index (χ0n) is 13.2. The van der Waals surface area contributed by atoms with Crippen LogP contribution < -0.4 is 0 Å². The second-order valence-electron chi connectivity index (χ2n) is 5.96. The summed E-state index contributed by atoms with van der Waals surface area (Å²) in [7, 11) is 0.